The molecule has 0 unspecified atom stereocenters. The number of halogens is 2. The quantitative estimate of drug-likeness (QED) is 0.607. The van der Waals surface area contributed by atoms with Gasteiger partial charge in [-0.2, -0.15) is 0 Å². The van der Waals surface area contributed by atoms with Gasteiger partial charge in [0.05, 0.1) is 11.2 Å². The average molecular weight is 468 g/mol. The summed E-state index contributed by atoms with van der Waals surface area (Å²) in [6.07, 6.45) is -1.95. The molecule has 0 saturated carbocycles. The number of carbonyl (C=O) groups is 2. The van der Waals surface area contributed by atoms with Gasteiger partial charge in [0, 0.05) is 11.7 Å². The smallest absolute Gasteiger partial charge is 0.467 e. The van der Waals surface area contributed by atoms with Gasteiger partial charge < -0.3 is 18.8 Å². The fourth-order valence-corrected chi connectivity index (χ4v) is 2.91. The molecule has 1 aromatic rings. The molecule has 0 bridgehead atoms. The van der Waals surface area contributed by atoms with Gasteiger partial charge in [-0.15, -0.1) is 0 Å². The number of hydrogen-bond acceptors (Lipinski definition) is 8. The van der Waals surface area contributed by atoms with Crippen molar-refractivity contribution < 1.29 is 37.2 Å². The highest BCUT2D eigenvalue weighted by atomic mass is 19.3. The van der Waals surface area contributed by atoms with E-state index < -0.39 is 65.8 Å². The summed E-state index contributed by atoms with van der Waals surface area (Å²) < 4.78 is 50.4. The van der Waals surface area contributed by atoms with Crippen LogP contribution in [0.25, 0.3) is 0 Å². The number of alkyl halides is 2. The zero-order chi connectivity index (χ0) is 25.6. The van der Waals surface area contributed by atoms with Crippen molar-refractivity contribution in [2.45, 2.75) is 98.1 Å². The van der Waals surface area contributed by atoms with E-state index in [9.17, 15) is 18.4 Å². The Kier molecular flexibility index (Phi) is 7.36. The Labute approximate surface area is 194 Å². The SMILES string of the molecule is CC(C)(C)OC(=O)B(C(=O)OC(C)(C)C)c1ncc(B2OC(C)(C)C(C)(C)O2)c(C(F)F)n1. The second-order valence-corrected chi connectivity index (χ2v) is 11.0. The third kappa shape index (κ3) is 6.50. The minimum atomic E-state index is -3.04. The number of ether oxygens (including phenoxy) is 2. The van der Waals surface area contributed by atoms with Crippen molar-refractivity contribution >= 4 is 36.8 Å². The molecular weight excluding hydrogens is 436 g/mol. The molecule has 2 rings (SSSR count). The Balaban J connectivity index is 2.53. The summed E-state index contributed by atoms with van der Waals surface area (Å²) in [6, 6.07) is 0. The zero-order valence-corrected chi connectivity index (χ0v) is 20.9. The van der Waals surface area contributed by atoms with E-state index in [2.05, 4.69) is 9.97 Å². The van der Waals surface area contributed by atoms with Crippen molar-refractivity contribution in [3.05, 3.63) is 11.9 Å². The van der Waals surface area contributed by atoms with Crippen molar-refractivity contribution in [2.75, 3.05) is 0 Å². The molecule has 0 aromatic carbocycles. The molecule has 0 radical (unpaired) electrons. The summed E-state index contributed by atoms with van der Waals surface area (Å²) in [4.78, 5) is 33.6. The standard InChI is InChI=1S/C21H32B2F2N2O6/c1-18(2,3)30-16(28)22(17(29)31-19(4,5)6)15-26-11-12(13(27-15)14(24)25)23-32-20(7,8)21(9,10)33-23/h11,14H,1-10H3. The Morgan fingerprint density at radius 3 is 1.76 bits per heavy atom. The maximum atomic E-state index is 14.0. The normalized spacial score (nSPS) is 17.8. The van der Waals surface area contributed by atoms with Gasteiger partial charge in [-0.1, -0.05) is 0 Å². The molecule has 0 atom stereocenters. The first-order valence-electron chi connectivity index (χ1n) is 10.7. The van der Waals surface area contributed by atoms with Crippen LogP contribution in [0.2, 0.25) is 0 Å². The van der Waals surface area contributed by atoms with Gasteiger partial charge in [0.25, 0.3) is 18.2 Å². The molecule has 12 heteroatoms. The largest absolute Gasteiger partial charge is 0.498 e. The number of rotatable bonds is 5. The number of nitrogens with zero attached hydrogens (tertiary/aromatic N) is 2. The van der Waals surface area contributed by atoms with E-state index in [1.165, 1.54) is 0 Å². The Morgan fingerprint density at radius 2 is 1.39 bits per heavy atom. The molecule has 1 fully saturated rings. The highest BCUT2D eigenvalue weighted by Gasteiger charge is 2.53. The van der Waals surface area contributed by atoms with Crippen LogP contribution in [0.5, 0.6) is 0 Å². The highest BCUT2D eigenvalue weighted by molar-refractivity contribution is 7.16. The van der Waals surface area contributed by atoms with E-state index in [4.69, 9.17) is 18.8 Å². The van der Waals surface area contributed by atoms with E-state index in [0.29, 0.717) is 0 Å². The maximum Gasteiger partial charge on any atom is 0.498 e. The van der Waals surface area contributed by atoms with Crippen LogP contribution in [0.3, 0.4) is 0 Å². The fourth-order valence-electron chi connectivity index (χ4n) is 2.91. The molecule has 1 aliphatic heterocycles. The first kappa shape index (κ1) is 27.2. The fraction of sp³-hybridized carbons (Fsp3) is 0.714. The molecular formula is C21H32B2F2N2O6. The summed E-state index contributed by atoms with van der Waals surface area (Å²) in [5.74, 6) is -2.00. The van der Waals surface area contributed by atoms with Gasteiger partial charge in [0.1, 0.15) is 22.6 Å². The summed E-state index contributed by atoms with van der Waals surface area (Å²) >= 11 is 0. The molecule has 33 heavy (non-hydrogen) atoms. The molecule has 1 saturated heterocycles. The number of hydrogen-bond donors (Lipinski definition) is 0. The summed E-state index contributed by atoms with van der Waals surface area (Å²) in [7, 11) is -1.14. The van der Waals surface area contributed by atoms with Crippen LogP contribution < -0.4 is 11.2 Å². The third-order valence-electron chi connectivity index (χ3n) is 5.12. The van der Waals surface area contributed by atoms with E-state index in [1.807, 2.05) is 0 Å². The van der Waals surface area contributed by atoms with Crippen molar-refractivity contribution in [3.8, 4) is 0 Å². The minimum Gasteiger partial charge on any atom is -0.467 e. The van der Waals surface area contributed by atoms with E-state index in [1.54, 1.807) is 69.2 Å². The second-order valence-electron chi connectivity index (χ2n) is 11.0. The van der Waals surface area contributed by atoms with Gasteiger partial charge in [-0.25, -0.2) is 13.8 Å². The molecule has 1 aromatic heterocycles. The minimum absolute atomic E-state index is 0.0838. The van der Waals surface area contributed by atoms with Crippen molar-refractivity contribution in [2.24, 2.45) is 0 Å². The first-order chi connectivity index (χ1) is 14.7. The van der Waals surface area contributed by atoms with Crippen LogP contribution >= 0.6 is 0 Å². The third-order valence-corrected chi connectivity index (χ3v) is 5.12. The Morgan fingerprint density at radius 1 is 0.970 bits per heavy atom. The molecule has 0 amide bonds. The first-order valence-corrected chi connectivity index (χ1v) is 10.7. The summed E-state index contributed by atoms with van der Waals surface area (Å²) in [5.41, 5.74) is -4.66. The predicted octanol–water partition coefficient (Wildman–Crippen LogP) is 3.45. The molecule has 182 valence electrons. The van der Waals surface area contributed by atoms with Gasteiger partial charge in [0.15, 0.2) is 0 Å². The van der Waals surface area contributed by atoms with E-state index in [-0.39, 0.29) is 5.46 Å². The predicted molar refractivity (Wildman–Crippen MR) is 121 cm³/mol. The zero-order valence-electron chi connectivity index (χ0n) is 20.9. The monoisotopic (exact) mass is 468 g/mol. The molecule has 0 N–H and O–H groups in total. The maximum absolute atomic E-state index is 14.0. The number of carbonyl (C=O) groups excluding carboxylic acids is 2. The second kappa shape index (κ2) is 8.94. The van der Waals surface area contributed by atoms with Gasteiger partial charge in [-0.05, 0) is 69.2 Å². The van der Waals surface area contributed by atoms with Crippen LogP contribution in [0, 0.1) is 0 Å². The summed E-state index contributed by atoms with van der Waals surface area (Å²) in [5, 5.41) is 0. The molecule has 0 aliphatic carbocycles. The molecule has 0 spiro atoms. The lowest BCUT2D eigenvalue weighted by atomic mass is 9.48. The van der Waals surface area contributed by atoms with E-state index >= 15 is 0 Å². The molecule has 2 heterocycles. The Hall–Kier alpha value is -2.07. The average Bonchev–Trinajstić information content (AvgIpc) is 2.79. The van der Waals surface area contributed by atoms with Gasteiger partial charge in [-0.3, -0.25) is 14.6 Å². The van der Waals surface area contributed by atoms with Crippen molar-refractivity contribution in [1.29, 1.82) is 0 Å². The van der Waals surface area contributed by atoms with Crippen LogP contribution in [-0.4, -0.2) is 57.9 Å². The van der Waals surface area contributed by atoms with Gasteiger partial charge in [0.2, 0.25) is 0 Å². The van der Waals surface area contributed by atoms with E-state index in [0.717, 1.165) is 6.20 Å². The van der Waals surface area contributed by atoms with Crippen molar-refractivity contribution in [3.63, 3.8) is 0 Å². The highest BCUT2D eigenvalue weighted by Crippen LogP contribution is 2.37. The molecule has 8 nitrogen and oxygen atoms in total. The molecule has 1 aliphatic rings. The summed E-state index contributed by atoms with van der Waals surface area (Å²) in [6.45, 7) is 15.1. The van der Waals surface area contributed by atoms with Gasteiger partial charge >= 0.3 is 13.8 Å². The lowest BCUT2D eigenvalue weighted by Crippen LogP contribution is -2.54. The lowest BCUT2D eigenvalue weighted by molar-refractivity contribution is 0.00578. The topological polar surface area (TPSA) is 96.8 Å². The lowest BCUT2D eigenvalue weighted by Gasteiger charge is -2.32. The van der Waals surface area contributed by atoms with Crippen LogP contribution in [-0.2, 0) is 18.8 Å². The van der Waals surface area contributed by atoms with Crippen LogP contribution in [0.1, 0.15) is 81.4 Å². The number of aromatic nitrogens is 2. The van der Waals surface area contributed by atoms with Crippen LogP contribution in [0.15, 0.2) is 6.20 Å². The Bertz CT molecular complexity index is 869. The van der Waals surface area contributed by atoms with Crippen molar-refractivity contribution in [1.82, 2.24) is 9.97 Å². The van der Waals surface area contributed by atoms with Crippen LogP contribution in [0.4, 0.5) is 18.4 Å².